The van der Waals surface area contributed by atoms with Crippen LogP contribution in [0.25, 0.3) is 0 Å². The van der Waals surface area contributed by atoms with Crippen LogP contribution < -0.4 is 5.32 Å². The summed E-state index contributed by atoms with van der Waals surface area (Å²) in [6.07, 6.45) is 0. The van der Waals surface area contributed by atoms with Crippen molar-refractivity contribution in [3.63, 3.8) is 0 Å². The van der Waals surface area contributed by atoms with E-state index in [2.05, 4.69) is 52.2 Å². The van der Waals surface area contributed by atoms with Crippen molar-refractivity contribution in [1.29, 1.82) is 0 Å². The fraction of sp³-hybridized carbons (Fsp3) is 0.545. The zero-order valence-corrected chi connectivity index (χ0v) is 12.6. The Morgan fingerprint density at radius 3 is 2.94 bits per heavy atom. The quantitative estimate of drug-likeness (QED) is 0.918. The van der Waals surface area contributed by atoms with Crippen molar-refractivity contribution in [2.45, 2.75) is 25.6 Å². The van der Waals surface area contributed by atoms with Crippen molar-refractivity contribution < 1.29 is 0 Å². The second-order valence-corrected chi connectivity index (χ2v) is 7.88. The Labute approximate surface area is 113 Å². The molecule has 0 aromatic carbocycles. The molecular weight excluding hydrogens is 304 g/mol. The van der Waals surface area contributed by atoms with E-state index in [1.165, 1.54) is 8.66 Å². The molecule has 88 valence electrons. The molecule has 1 atom stereocenters. The van der Waals surface area contributed by atoms with Crippen LogP contribution in [-0.4, -0.2) is 17.0 Å². The van der Waals surface area contributed by atoms with E-state index in [0.29, 0.717) is 11.2 Å². The number of nitrogens with zero attached hydrogens (tertiary/aromatic N) is 1. The fourth-order valence-corrected chi connectivity index (χ4v) is 3.88. The van der Waals surface area contributed by atoms with Gasteiger partial charge in [0.1, 0.15) is 0 Å². The number of amidine groups is 1. The maximum absolute atomic E-state index is 4.52. The molecule has 1 aliphatic heterocycles. The second kappa shape index (κ2) is 5.56. The summed E-state index contributed by atoms with van der Waals surface area (Å²) in [4.78, 5) is 5.86. The van der Waals surface area contributed by atoms with Crippen molar-refractivity contribution in [3.05, 3.63) is 20.8 Å². The highest BCUT2D eigenvalue weighted by Crippen LogP contribution is 2.27. The molecule has 0 fully saturated rings. The number of thioether (sulfide) groups is 1. The molecule has 2 nitrogen and oxygen atoms in total. The number of aliphatic imine (C=N–C) groups is 1. The fourth-order valence-electron chi connectivity index (χ4n) is 1.44. The van der Waals surface area contributed by atoms with Crippen LogP contribution in [-0.2, 0) is 6.54 Å². The van der Waals surface area contributed by atoms with Crippen molar-refractivity contribution in [1.82, 2.24) is 5.32 Å². The Kier molecular flexibility index (Phi) is 4.33. The molecule has 0 aliphatic carbocycles. The first kappa shape index (κ1) is 12.5. The third-order valence-corrected chi connectivity index (χ3v) is 5.58. The smallest absolute Gasteiger partial charge is 0.157 e. The van der Waals surface area contributed by atoms with E-state index < -0.39 is 0 Å². The summed E-state index contributed by atoms with van der Waals surface area (Å²) >= 11 is 7.11. The number of thiophene rings is 1. The Hall–Kier alpha value is -0.000000000000000111. The highest BCUT2D eigenvalue weighted by molar-refractivity contribution is 9.11. The maximum Gasteiger partial charge on any atom is 0.157 e. The summed E-state index contributed by atoms with van der Waals surface area (Å²) in [6, 6.07) is 4.23. The van der Waals surface area contributed by atoms with Crippen LogP contribution in [0.5, 0.6) is 0 Å². The largest absolute Gasteiger partial charge is 0.360 e. The molecule has 0 radical (unpaired) electrons. The summed E-state index contributed by atoms with van der Waals surface area (Å²) in [6.45, 7) is 6.35. The molecule has 16 heavy (non-hydrogen) atoms. The van der Waals surface area contributed by atoms with E-state index in [0.717, 1.165) is 18.3 Å². The molecule has 2 rings (SSSR count). The molecule has 5 heteroatoms. The number of halogens is 1. The summed E-state index contributed by atoms with van der Waals surface area (Å²) < 4.78 is 1.19. The van der Waals surface area contributed by atoms with Crippen LogP contribution in [0.4, 0.5) is 0 Å². The van der Waals surface area contributed by atoms with Crippen LogP contribution in [0, 0.1) is 5.92 Å². The average molecular weight is 319 g/mol. The molecule has 0 saturated heterocycles. The van der Waals surface area contributed by atoms with Crippen LogP contribution in [0.1, 0.15) is 18.7 Å². The first-order chi connectivity index (χ1) is 7.65. The van der Waals surface area contributed by atoms with Crippen molar-refractivity contribution in [2.24, 2.45) is 10.9 Å². The number of hydrogen-bond donors (Lipinski definition) is 1. The van der Waals surface area contributed by atoms with Gasteiger partial charge >= 0.3 is 0 Å². The van der Waals surface area contributed by atoms with Crippen molar-refractivity contribution >= 4 is 44.2 Å². The standard InChI is InChI=1S/C11H15BrN2S2/c1-7(2)9-6-14-11(16-9)13-5-8-3-4-10(12)15-8/h3-4,7,9H,5-6H2,1-2H3,(H,13,14). The van der Waals surface area contributed by atoms with Gasteiger partial charge < -0.3 is 5.32 Å². The van der Waals surface area contributed by atoms with Crippen molar-refractivity contribution in [3.8, 4) is 0 Å². The van der Waals surface area contributed by atoms with Crippen LogP contribution in [0.15, 0.2) is 20.9 Å². The molecule has 1 aromatic rings. The Morgan fingerprint density at radius 2 is 2.38 bits per heavy atom. The number of hydrogen-bond acceptors (Lipinski definition) is 4. The third kappa shape index (κ3) is 3.25. The van der Waals surface area contributed by atoms with Gasteiger partial charge in [0, 0.05) is 10.1 Å². The Morgan fingerprint density at radius 1 is 1.56 bits per heavy atom. The van der Waals surface area contributed by atoms with E-state index in [4.69, 9.17) is 0 Å². The van der Waals surface area contributed by atoms with Gasteiger partial charge in [-0.25, -0.2) is 0 Å². The van der Waals surface area contributed by atoms with Gasteiger partial charge in [-0.1, -0.05) is 25.6 Å². The summed E-state index contributed by atoms with van der Waals surface area (Å²) in [7, 11) is 0. The lowest BCUT2D eigenvalue weighted by Crippen LogP contribution is -2.19. The molecule has 0 bridgehead atoms. The summed E-state index contributed by atoms with van der Waals surface area (Å²) in [5.41, 5.74) is 0. The van der Waals surface area contributed by atoms with E-state index in [-0.39, 0.29) is 0 Å². The molecule has 0 spiro atoms. The zero-order valence-electron chi connectivity index (χ0n) is 9.37. The van der Waals surface area contributed by atoms with Crippen molar-refractivity contribution in [2.75, 3.05) is 6.54 Å². The molecule has 1 aliphatic rings. The summed E-state index contributed by atoms with van der Waals surface area (Å²) in [5, 5.41) is 5.15. The number of nitrogens with one attached hydrogen (secondary N) is 1. The van der Waals surface area contributed by atoms with Gasteiger partial charge in [0.2, 0.25) is 0 Å². The van der Waals surface area contributed by atoms with Gasteiger partial charge in [0.05, 0.1) is 16.9 Å². The first-order valence-electron chi connectivity index (χ1n) is 5.34. The van der Waals surface area contributed by atoms with Gasteiger partial charge in [-0.15, -0.1) is 11.3 Å². The van der Waals surface area contributed by atoms with Gasteiger partial charge in [-0.3, -0.25) is 4.99 Å². The SMILES string of the molecule is CC(C)C1CN=C(NCc2ccc(Br)s2)S1. The number of rotatable bonds is 3. The van der Waals surface area contributed by atoms with Crippen LogP contribution >= 0.6 is 39.0 Å². The minimum absolute atomic E-state index is 0.651. The third-order valence-electron chi connectivity index (χ3n) is 2.46. The van der Waals surface area contributed by atoms with E-state index in [9.17, 15) is 0 Å². The maximum atomic E-state index is 4.52. The minimum Gasteiger partial charge on any atom is -0.360 e. The van der Waals surface area contributed by atoms with E-state index in [1.54, 1.807) is 11.3 Å². The topological polar surface area (TPSA) is 24.4 Å². The van der Waals surface area contributed by atoms with E-state index >= 15 is 0 Å². The molecule has 1 aromatic heterocycles. The zero-order chi connectivity index (χ0) is 11.5. The molecule has 0 saturated carbocycles. The Balaban J connectivity index is 1.80. The lowest BCUT2D eigenvalue weighted by atomic mass is 10.1. The lowest BCUT2D eigenvalue weighted by Gasteiger charge is -2.11. The molecule has 1 N–H and O–H groups in total. The van der Waals surface area contributed by atoms with Crippen LogP contribution in [0.3, 0.4) is 0 Å². The predicted octanol–water partition coefficient (Wildman–Crippen LogP) is 3.73. The first-order valence-corrected chi connectivity index (χ1v) is 7.83. The van der Waals surface area contributed by atoms with Gasteiger partial charge in [-0.2, -0.15) is 0 Å². The van der Waals surface area contributed by atoms with E-state index in [1.807, 2.05) is 11.8 Å². The highest BCUT2D eigenvalue weighted by atomic mass is 79.9. The lowest BCUT2D eigenvalue weighted by molar-refractivity contribution is 0.621. The van der Waals surface area contributed by atoms with Gasteiger partial charge in [0.15, 0.2) is 5.17 Å². The molecule has 2 heterocycles. The monoisotopic (exact) mass is 318 g/mol. The minimum atomic E-state index is 0.651. The van der Waals surface area contributed by atoms with Gasteiger partial charge in [0.25, 0.3) is 0 Å². The molecular formula is C11H15BrN2S2. The van der Waals surface area contributed by atoms with Crippen LogP contribution in [0.2, 0.25) is 0 Å². The molecule has 0 amide bonds. The highest BCUT2D eigenvalue weighted by Gasteiger charge is 2.22. The average Bonchev–Trinajstić information content (AvgIpc) is 2.83. The second-order valence-electron chi connectivity index (χ2n) is 4.11. The van der Waals surface area contributed by atoms with Gasteiger partial charge in [-0.05, 0) is 34.0 Å². The normalized spacial score (nSPS) is 20.2. The summed E-state index contributed by atoms with van der Waals surface area (Å²) in [5.74, 6) is 0.698. The predicted molar refractivity (Wildman–Crippen MR) is 77.4 cm³/mol. The Bertz CT molecular complexity index is 387. The molecule has 1 unspecified atom stereocenters.